The first kappa shape index (κ1) is 21.8. The fourth-order valence-electron chi connectivity index (χ4n) is 4.35. The molecule has 0 spiro atoms. The highest BCUT2D eigenvalue weighted by Gasteiger charge is 2.31. The molecule has 1 saturated heterocycles. The maximum Gasteiger partial charge on any atom is 0.315 e. The van der Waals surface area contributed by atoms with Crippen LogP contribution >= 0.6 is 0 Å². The van der Waals surface area contributed by atoms with Crippen molar-refractivity contribution in [3.05, 3.63) is 41.8 Å². The van der Waals surface area contributed by atoms with Crippen LogP contribution in [0.25, 0.3) is 11.3 Å². The first-order valence-electron chi connectivity index (χ1n) is 11.2. The summed E-state index contributed by atoms with van der Waals surface area (Å²) in [5, 5.41) is 20.3. The number of ether oxygens (including phenoxy) is 1. The number of amides is 2. The maximum atomic E-state index is 13.1. The first-order chi connectivity index (χ1) is 15.1. The highest BCUT2D eigenvalue weighted by Crippen LogP contribution is 2.25. The first-order valence-corrected chi connectivity index (χ1v) is 11.2. The van der Waals surface area contributed by atoms with E-state index in [0.717, 1.165) is 36.9 Å². The molecule has 168 valence electrons. The van der Waals surface area contributed by atoms with Crippen LogP contribution in [0.2, 0.25) is 0 Å². The number of carbonyl (C=O) groups excluding carboxylic acids is 1. The molecule has 1 aromatic carbocycles. The Morgan fingerprint density at radius 3 is 2.68 bits per heavy atom. The number of halogens is 1. The molecule has 31 heavy (non-hydrogen) atoms. The monoisotopic (exact) mass is 431 g/mol. The molecule has 0 bridgehead atoms. The van der Waals surface area contributed by atoms with Crippen LogP contribution in [0.5, 0.6) is 0 Å². The summed E-state index contributed by atoms with van der Waals surface area (Å²) in [7, 11) is 0. The van der Waals surface area contributed by atoms with E-state index in [1.807, 2.05) is 6.07 Å². The lowest BCUT2D eigenvalue weighted by molar-refractivity contribution is -0.113. The van der Waals surface area contributed by atoms with Gasteiger partial charge in [-0.2, -0.15) is 0 Å². The van der Waals surface area contributed by atoms with E-state index < -0.39 is 12.2 Å². The van der Waals surface area contributed by atoms with Gasteiger partial charge < -0.3 is 25.0 Å². The minimum Gasteiger partial charge on any atom is -0.390 e. The van der Waals surface area contributed by atoms with Crippen molar-refractivity contribution in [2.24, 2.45) is 0 Å². The summed E-state index contributed by atoms with van der Waals surface area (Å²) < 4.78 is 24.5. The van der Waals surface area contributed by atoms with Crippen LogP contribution in [0.4, 0.5) is 9.18 Å². The molecule has 1 aliphatic heterocycles. The van der Waals surface area contributed by atoms with E-state index in [1.165, 1.54) is 18.6 Å². The average molecular weight is 432 g/mol. The Morgan fingerprint density at radius 2 is 1.90 bits per heavy atom. The van der Waals surface area contributed by atoms with E-state index in [9.17, 15) is 14.3 Å². The van der Waals surface area contributed by atoms with Gasteiger partial charge in [0.2, 0.25) is 0 Å². The van der Waals surface area contributed by atoms with Crippen LogP contribution in [0.3, 0.4) is 0 Å². The normalized spacial score (nSPS) is 24.6. The minimum atomic E-state index is -0.613. The van der Waals surface area contributed by atoms with Crippen molar-refractivity contribution >= 4 is 6.03 Å². The third-order valence-corrected chi connectivity index (χ3v) is 6.11. The number of nitrogens with zero attached hydrogens (tertiary/aromatic N) is 1. The predicted octanol–water partition coefficient (Wildman–Crippen LogP) is 3.56. The van der Waals surface area contributed by atoms with Crippen molar-refractivity contribution in [1.82, 2.24) is 15.8 Å². The topological polar surface area (TPSA) is 96.6 Å². The molecule has 2 aliphatic rings. The van der Waals surface area contributed by atoms with Gasteiger partial charge in [0, 0.05) is 30.6 Å². The molecule has 8 heteroatoms. The van der Waals surface area contributed by atoms with Crippen molar-refractivity contribution in [2.45, 2.75) is 75.7 Å². The van der Waals surface area contributed by atoms with Crippen molar-refractivity contribution in [3.8, 4) is 11.3 Å². The molecule has 7 nitrogen and oxygen atoms in total. The van der Waals surface area contributed by atoms with Gasteiger partial charge in [0.25, 0.3) is 0 Å². The molecule has 2 heterocycles. The van der Waals surface area contributed by atoms with Crippen LogP contribution < -0.4 is 10.6 Å². The lowest BCUT2D eigenvalue weighted by Crippen LogP contribution is -2.50. The van der Waals surface area contributed by atoms with Crippen LogP contribution in [-0.4, -0.2) is 47.2 Å². The van der Waals surface area contributed by atoms with Gasteiger partial charge in [-0.3, -0.25) is 0 Å². The van der Waals surface area contributed by atoms with Gasteiger partial charge in [0.1, 0.15) is 11.9 Å². The van der Waals surface area contributed by atoms with Crippen molar-refractivity contribution in [2.75, 3.05) is 6.54 Å². The van der Waals surface area contributed by atoms with Crippen molar-refractivity contribution in [3.63, 3.8) is 0 Å². The number of aliphatic hydroxyl groups is 1. The largest absolute Gasteiger partial charge is 0.390 e. The van der Waals surface area contributed by atoms with Gasteiger partial charge in [-0.1, -0.05) is 24.4 Å². The van der Waals surface area contributed by atoms with Gasteiger partial charge in [0.15, 0.2) is 5.76 Å². The van der Waals surface area contributed by atoms with Crippen LogP contribution in [0.15, 0.2) is 34.9 Å². The Morgan fingerprint density at radius 1 is 1.13 bits per heavy atom. The molecule has 3 N–H and O–H groups in total. The van der Waals surface area contributed by atoms with Gasteiger partial charge in [-0.05, 0) is 49.9 Å². The Kier molecular flexibility index (Phi) is 7.19. The van der Waals surface area contributed by atoms with Gasteiger partial charge in [-0.25, -0.2) is 9.18 Å². The average Bonchev–Trinajstić information content (AvgIpc) is 3.24. The lowest BCUT2D eigenvalue weighted by atomic mass is 9.96. The molecular weight excluding hydrogens is 401 g/mol. The molecule has 1 aliphatic carbocycles. The van der Waals surface area contributed by atoms with Crippen LogP contribution in [0, 0.1) is 5.82 Å². The number of urea groups is 1. The second-order valence-corrected chi connectivity index (χ2v) is 8.52. The zero-order valence-corrected chi connectivity index (χ0v) is 17.6. The smallest absolute Gasteiger partial charge is 0.315 e. The van der Waals surface area contributed by atoms with E-state index in [4.69, 9.17) is 9.26 Å². The molecule has 0 unspecified atom stereocenters. The Labute approximate surface area is 181 Å². The van der Waals surface area contributed by atoms with Crippen LogP contribution in [-0.2, 0) is 11.2 Å². The maximum absolute atomic E-state index is 13.1. The number of carbonyl (C=O) groups is 1. The van der Waals surface area contributed by atoms with Gasteiger partial charge >= 0.3 is 6.03 Å². The molecule has 1 saturated carbocycles. The summed E-state index contributed by atoms with van der Waals surface area (Å²) in [6.45, 7) is 0.260. The number of hydrogen-bond donors (Lipinski definition) is 3. The summed E-state index contributed by atoms with van der Waals surface area (Å²) in [4.78, 5) is 12.2. The van der Waals surface area contributed by atoms with E-state index in [2.05, 4.69) is 15.8 Å². The predicted molar refractivity (Wildman–Crippen MR) is 113 cm³/mol. The van der Waals surface area contributed by atoms with E-state index in [-0.39, 0.29) is 30.5 Å². The van der Waals surface area contributed by atoms with Crippen LogP contribution in [0.1, 0.15) is 50.6 Å². The molecule has 2 aromatic rings. The summed E-state index contributed by atoms with van der Waals surface area (Å²) in [6.07, 6.45) is 6.24. The number of rotatable bonds is 6. The van der Waals surface area contributed by atoms with Crippen molar-refractivity contribution < 1.29 is 23.6 Å². The highest BCUT2D eigenvalue weighted by molar-refractivity contribution is 5.74. The summed E-state index contributed by atoms with van der Waals surface area (Å²) in [5.74, 6) is 0.271. The fourth-order valence-corrected chi connectivity index (χ4v) is 4.35. The Bertz CT molecular complexity index is 851. The molecule has 1 aromatic heterocycles. The van der Waals surface area contributed by atoms with E-state index in [1.54, 1.807) is 12.1 Å². The number of aromatic nitrogens is 1. The number of nitrogens with one attached hydrogen (secondary N) is 2. The fraction of sp³-hybridized carbons (Fsp3) is 0.565. The molecule has 2 fully saturated rings. The third-order valence-electron chi connectivity index (χ3n) is 6.11. The zero-order valence-electron chi connectivity index (χ0n) is 17.6. The molecular formula is C23H30FN3O4. The van der Waals surface area contributed by atoms with E-state index >= 15 is 0 Å². The number of hydrogen-bond acceptors (Lipinski definition) is 5. The standard InChI is InChI=1S/C23H30FN3O4/c24-16-8-6-15(7-9-16)21-13-18(27-31-21)12-19-10-11-20(28)22(30-19)14-25-23(29)26-17-4-2-1-3-5-17/h6-9,13,17,19-20,22,28H,1-5,10-12,14H2,(H2,25,26,29)/t19-,20-,22+/m0/s1. The number of benzene rings is 1. The number of aliphatic hydroxyl groups excluding tert-OH is 1. The Hall–Kier alpha value is -2.45. The molecule has 4 rings (SSSR count). The second-order valence-electron chi connectivity index (χ2n) is 8.52. The molecule has 0 radical (unpaired) electrons. The zero-order chi connectivity index (χ0) is 21.6. The van der Waals surface area contributed by atoms with Gasteiger partial charge in [0.05, 0.1) is 17.9 Å². The quantitative estimate of drug-likeness (QED) is 0.650. The Balaban J connectivity index is 1.26. The van der Waals surface area contributed by atoms with E-state index in [0.29, 0.717) is 25.0 Å². The molecule has 2 amide bonds. The molecule has 3 atom stereocenters. The van der Waals surface area contributed by atoms with Gasteiger partial charge in [-0.15, -0.1) is 0 Å². The summed E-state index contributed by atoms with van der Waals surface area (Å²) in [5.41, 5.74) is 1.49. The minimum absolute atomic E-state index is 0.122. The SMILES string of the molecule is O=C(NC[C@H]1O[C@H](Cc2cc(-c3ccc(F)cc3)on2)CC[C@@H]1O)NC1CCCCC1. The summed E-state index contributed by atoms with van der Waals surface area (Å²) in [6, 6.07) is 7.91. The highest BCUT2D eigenvalue weighted by atomic mass is 19.1. The lowest BCUT2D eigenvalue weighted by Gasteiger charge is -2.34. The second kappa shape index (κ2) is 10.2. The van der Waals surface area contributed by atoms with Crippen molar-refractivity contribution in [1.29, 1.82) is 0 Å². The summed E-state index contributed by atoms with van der Waals surface area (Å²) >= 11 is 0. The third kappa shape index (κ3) is 6.04.